The Labute approximate surface area is 196 Å². The topological polar surface area (TPSA) is 46.6 Å². The lowest BCUT2D eigenvalue weighted by Gasteiger charge is -2.23. The summed E-state index contributed by atoms with van der Waals surface area (Å²) < 4.78 is 5.20. The molecule has 1 aliphatic heterocycles. The first-order valence-corrected chi connectivity index (χ1v) is 12.8. The second kappa shape index (κ2) is 12.6. The molecule has 1 amide bonds. The first-order valence-electron chi connectivity index (χ1n) is 12.0. The van der Waals surface area contributed by atoms with Gasteiger partial charge in [0.2, 0.25) is 5.91 Å². The van der Waals surface area contributed by atoms with Crippen molar-refractivity contribution < 1.29 is 14.3 Å². The number of ether oxygens (including phenoxy) is 1. The Morgan fingerprint density at radius 1 is 1.09 bits per heavy atom. The number of nitrogens with zero attached hydrogens (tertiary/aromatic N) is 1. The minimum absolute atomic E-state index is 0.0897. The van der Waals surface area contributed by atoms with Crippen LogP contribution in [-0.4, -0.2) is 24.5 Å². The van der Waals surface area contributed by atoms with Crippen molar-refractivity contribution in [3.8, 4) is 0 Å². The molecule has 1 atom stereocenters. The van der Waals surface area contributed by atoms with Gasteiger partial charge in [-0.2, -0.15) is 0 Å². The molecule has 1 aromatic carbocycles. The molecule has 5 heteroatoms. The summed E-state index contributed by atoms with van der Waals surface area (Å²) >= 11 is 1.48. The predicted molar refractivity (Wildman–Crippen MR) is 133 cm³/mol. The first-order chi connectivity index (χ1) is 15.6. The van der Waals surface area contributed by atoms with Gasteiger partial charge in [0.25, 0.3) is 0 Å². The van der Waals surface area contributed by atoms with Crippen LogP contribution >= 0.6 is 11.3 Å². The zero-order valence-corrected chi connectivity index (χ0v) is 20.2. The standard InChI is InChI=1S/C27H35NO3S/c1-3-5-6-7-9-21-12-14-23(15-13-21)28-22(16-19-26(28)29)10-8-11-24-17-18-25(32-24)27(30)31-20-4-2/h8,10,12-15,17-18,22H,3-7,9,11,16,19-20H2,1-2H3/t22-/m0/s1. The number of amides is 1. The van der Waals surface area contributed by atoms with Gasteiger partial charge in [-0.1, -0.05) is 57.4 Å². The van der Waals surface area contributed by atoms with Gasteiger partial charge in [0.1, 0.15) is 4.88 Å². The number of thiophene rings is 1. The van der Waals surface area contributed by atoms with Crippen molar-refractivity contribution in [2.75, 3.05) is 11.5 Å². The molecule has 1 saturated heterocycles. The summed E-state index contributed by atoms with van der Waals surface area (Å²) in [4.78, 5) is 28.2. The van der Waals surface area contributed by atoms with Gasteiger partial charge in [-0.05, 0) is 61.9 Å². The predicted octanol–water partition coefficient (Wildman–Crippen LogP) is 6.73. The molecular formula is C27H35NO3S. The zero-order valence-electron chi connectivity index (χ0n) is 19.3. The maximum Gasteiger partial charge on any atom is 0.348 e. The third-order valence-electron chi connectivity index (χ3n) is 5.77. The van der Waals surface area contributed by atoms with Gasteiger partial charge in [-0.25, -0.2) is 4.79 Å². The minimum Gasteiger partial charge on any atom is -0.462 e. The van der Waals surface area contributed by atoms with E-state index in [1.807, 2.05) is 24.0 Å². The maximum atomic E-state index is 12.6. The van der Waals surface area contributed by atoms with E-state index < -0.39 is 0 Å². The van der Waals surface area contributed by atoms with Crippen LogP contribution in [0.25, 0.3) is 0 Å². The van der Waals surface area contributed by atoms with Gasteiger partial charge in [-0.3, -0.25) is 4.79 Å². The molecule has 0 radical (unpaired) electrons. The van der Waals surface area contributed by atoms with E-state index in [4.69, 9.17) is 4.74 Å². The molecule has 172 valence electrons. The fraction of sp³-hybridized carbons (Fsp3) is 0.481. The lowest BCUT2D eigenvalue weighted by molar-refractivity contribution is -0.117. The number of aryl methyl sites for hydroxylation is 1. The highest BCUT2D eigenvalue weighted by atomic mass is 32.1. The second-order valence-electron chi connectivity index (χ2n) is 8.38. The van der Waals surface area contributed by atoms with E-state index in [1.165, 1.54) is 42.6 Å². The molecule has 0 bridgehead atoms. The van der Waals surface area contributed by atoms with Crippen LogP contribution in [0.15, 0.2) is 48.6 Å². The monoisotopic (exact) mass is 453 g/mol. The van der Waals surface area contributed by atoms with Gasteiger partial charge in [-0.15, -0.1) is 11.3 Å². The lowest BCUT2D eigenvalue weighted by Crippen LogP contribution is -2.31. The minimum atomic E-state index is -0.242. The van der Waals surface area contributed by atoms with Crippen LogP contribution in [-0.2, 0) is 22.4 Å². The third-order valence-corrected chi connectivity index (χ3v) is 6.85. The van der Waals surface area contributed by atoms with E-state index in [9.17, 15) is 9.59 Å². The van der Waals surface area contributed by atoms with Crippen molar-refractivity contribution in [1.82, 2.24) is 0 Å². The molecule has 0 unspecified atom stereocenters. The quantitative estimate of drug-likeness (QED) is 0.203. The molecular weight excluding hydrogens is 418 g/mol. The normalized spacial score (nSPS) is 16.2. The number of carbonyl (C=O) groups is 2. The fourth-order valence-corrected chi connectivity index (χ4v) is 4.88. The van der Waals surface area contributed by atoms with Crippen LogP contribution in [0.1, 0.15) is 78.9 Å². The summed E-state index contributed by atoms with van der Waals surface area (Å²) in [7, 11) is 0. The molecule has 0 spiro atoms. The fourth-order valence-electron chi connectivity index (χ4n) is 4.01. The lowest BCUT2D eigenvalue weighted by atomic mass is 10.1. The Kier molecular flexibility index (Phi) is 9.54. The van der Waals surface area contributed by atoms with Crippen LogP contribution in [0.5, 0.6) is 0 Å². The Morgan fingerprint density at radius 3 is 2.66 bits per heavy atom. The highest BCUT2D eigenvalue weighted by Crippen LogP contribution is 2.28. The van der Waals surface area contributed by atoms with Gasteiger partial charge in [0.15, 0.2) is 0 Å². The molecule has 4 nitrogen and oxygen atoms in total. The van der Waals surface area contributed by atoms with Crippen molar-refractivity contribution in [3.05, 3.63) is 63.9 Å². The van der Waals surface area contributed by atoms with E-state index >= 15 is 0 Å². The molecule has 0 N–H and O–H groups in total. The van der Waals surface area contributed by atoms with Crippen molar-refractivity contribution >= 4 is 28.9 Å². The van der Waals surface area contributed by atoms with E-state index in [2.05, 4.69) is 43.3 Å². The van der Waals surface area contributed by atoms with Gasteiger partial charge >= 0.3 is 5.97 Å². The first kappa shape index (κ1) is 24.2. The van der Waals surface area contributed by atoms with Crippen molar-refractivity contribution in [2.45, 2.75) is 77.7 Å². The van der Waals surface area contributed by atoms with Gasteiger partial charge in [0, 0.05) is 17.0 Å². The molecule has 3 rings (SSSR count). The number of unbranched alkanes of at least 4 members (excludes halogenated alkanes) is 3. The van der Waals surface area contributed by atoms with Crippen molar-refractivity contribution in [3.63, 3.8) is 0 Å². The van der Waals surface area contributed by atoms with Gasteiger partial charge < -0.3 is 9.64 Å². The summed E-state index contributed by atoms with van der Waals surface area (Å²) in [5, 5.41) is 0. The number of esters is 1. The summed E-state index contributed by atoms with van der Waals surface area (Å²) in [5.41, 5.74) is 2.33. The Balaban J connectivity index is 1.56. The molecule has 0 saturated carbocycles. The van der Waals surface area contributed by atoms with Crippen LogP contribution in [0, 0.1) is 0 Å². The average molecular weight is 454 g/mol. The number of hydrogen-bond donors (Lipinski definition) is 0. The van der Waals surface area contributed by atoms with Crippen molar-refractivity contribution in [2.24, 2.45) is 0 Å². The maximum absolute atomic E-state index is 12.6. The largest absolute Gasteiger partial charge is 0.462 e. The Morgan fingerprint density at radius 2 is 1.91 bits per heavy atom. The number of hydrogen-bond acceptors (Lipinski definition) is 4. The smallest absolute Gasteiger partial charge is 0.348 e. The van der Waals surface area contributed by atoms with Gasteiger partial charge in [0.05, 0.1) is 12.6 Å². The molecule has 1 aliphatic rings. The van der Waals surface area contributed by atoms with Crippen molar-refractivity contribution in [1.29, 1.82) is 0 Å². The highest BCUT2D eigenvalue weighted by molar-refractivity contribution is 7.13. The Hall–Kier alpha value is -2.40. The molecule has 0 aliphatic carbocycles. The summed E-state index contributed by atoms with van der Waals surface area (Å²) in [6.07, 6.45) is 13.4. The summed E-state index contributed by atoms with van der Waals surface area (Å²) in [6.45, 7) is 4.67. The number of anilines is 1. The molecule has 32 heavy (non-hydrogen) atoms. The highest BCUT2D eigenvalue weighted by Gasteiger charge is 2.30. The Bertz CT molecular complexity index is 900. The number of allylic oxidation sites excluding steroid dienone is 1. The number of rotatable bonds is 12. The SMILES string of the molecule is CCCCCCc1ccc(N2C(=O)CC[C@@H]2C=CCc2ccc(C(=O)OCCC)s2)cc1. The van der Waals surface area contributed by atoms with E-state index in [-0.39, 0.29) is 17.9 Å². The molecule has 2 aromatic rings. The van der Waals surface area contributed by atoms with E-state index in [0.717, 1.165) is 36.2 Å². The summed E-state index contributed by atoms with van der Waals surface area (Å²) in [6, 6.07) is 12.4. The second-order valence-corrected chi connectivity index (χ2v) is 9.55. The average Bonchev–Trinajstić information content (AvgIpc) is 3.42. The van der Waals surface area contributed by atoms with Crippen LogP contribution < -0.4 is 4.90 Å². The summed E-state index contributed by atoms with van der Waals surface area (Å²) in [5.74, 6) is -0.0547. The number of carbonyl (C=O) groups excluding carboxylic acids is 2. The molecule has 2 heterocycles. The molecule has 1 aromatic heterocycles. The van der Waals surface area contributed by atoms with Crippen LogP contribution in [0.4, 0.5) is 5.69 Å². The third kappa shape index (κ3) is 6.80. The zero-order chi connectivity index (χ0) is 22.8. The van der Waals surface area contributed by atoms with Crippen LogP contribution in [0.3, 0.4) is 0 Å². The number of benzene rings is 1. The molecule has 1 fully saturated rings. The van der Waals surface area contributed by atoms with E-state index in [0.29, 0.717) is 17.9 Å². The van der Waals surface area contributed by atoms with Crippen LogP contribution in [0.2, 0.25) is 0 Å². The van der Waals surface area contributed by atoms with E-state index in [1.54, 1.807) is 0 Å².